The second kappa shape index (κ2) is 8.26. The molecule has 0 saturated heterocycles. The number of ether oxygens (including phenoxy) is 1. The van der Waals surface area contributed by atoms with Gasteiger partial charge in [-0.1, -0.05) is 42.5 Å². The van der Waals surface area contributed by atoms with Crippen LogP contribution in [0.3, 0.4) is 0 Å². The number of hydrogen-bond donors (Lipinski definition) is 1. The molecule has 2 amide bonds. The van der Waals surface area contributed by atoms with Gasteiger partial charge in [0.2, 0.25) is 5.91 Å². The van der Waals surface area contributed by atoms with Gasteiger partial charge in [0.15, 0.2) is 0 Å². The van der Waals surface area contributed by atoms with Crippen LogP contribution in [0.4, 0.5) is 5.69 Å². The number of benzene rings is 2. The molecule has 0 unspecified atom stereocenters. The van der Waals surface area contributed by atoms with Gasteiger partial charge in [-0.25, -0.2) is 0 Å². The Kier molecular flexibility index (Phi) is 6.09. The number of nitrogens with zero attached hydrogens (tertiary/aromatic N) is 1. The lowest BCUT2D eigenvalue weighted by Crippen LogP contribution is -2.49. The van der Waals surface area contributed by atoms with E-state index in [1.807, 2.05) is 54.6 Å². The molecule has 0 heterocycles. The lowest BCUT2D eigenvalue weighted by atomic mass is 10.1. The number of methoxy groups -OCH3 is 1. The number of anilines is 1. The molecule has 126 valence electrons. The SMILES string of the molecule is COC[C@@H](NC(C)=O)C(=O)N(C)c1ccc(-c2ccccc2)cc1. The molecule has 1 atom stereocenters. The summed E-state index contributed by atoms with van der Waals surface area (Å²) in [5.74, 6) is -0.488. The Hall–Kier alpha value is -2.66. The Morgan fingerprint density at radius 2 is 1.62 bits per heavy atom. The van der Waals surface area contributed by atoms with Gasteiger partial charge in [0.1, 0.15) is 6.04 Å². The van der Waals surface area contributed by atoms with Gasteiger partial charge >= 0.3 is 0 Å². The van der Waals surface area contributed by atoms with Gasteiger partial charge in [-0.2, -0.15) is 0 Å². The molecule has 0 aromatic heterocycles. The monoisotopic (exact) mass is 326 g/mol. The smallest absolute Gasteiger partial charge is 0.251 e. The quantitative estimate of drug-likeness (QED) is 0.887. The first-order chi connectivity index (χ1) is 11.5. The molecule has 0 spiro atoms. The van der Waals surface area contributed by atoms with Crippen LogP contribution in [-0.2, 0) is 14.3 Å². The maximum absolute atomic E-state index is 12.6. The molecule has 0 bridgehead atoms. The highest BCUT2D eigenvalue weighted by Crippen LogP contribution is 2.22. The summed E-state index contributed by atoms with van der Waals surface area (Å²) in [6.45, 7) is 1.51. The molecule has 2 aromatic rings. The molecule has 0 aliphatic rings. The highest BCUT2D eigenvalue weighted by molar-refractivity contribution is 5.98. The molecule has 2 rings (SSSR count). The zero-order valence-corrected chi connectivity index (χ0v) is 14.2. The molecular formula is C19H22N2O3. The van der Waals surface area contributed by atoms with E-state index in [1.54, 1.807) is 7.05 Å². The van der Waals surface area contributed by atoms with Crippen molar-refractivity contribution >= 4 is 17.5 Å². The average molecular weight is 326 g/mol. The average Bonchev–Trinajstić information content (AvgIpc) is 2.60. The van der Waals surface area contributed by atoms with Crippen molar-refractivity contribution in [1.82, 2.24) is 5.32 Å². The fraction of sp³-hybridized carbons (Fsp3) is 0.263. The van der Waals surface area contributed by atoms with Crippen molar-refractivity contribution < 1.29 is 14.3 Å². The van der Waals surface area contributed by atoms with Gasteiger partial charge < -0.3 is 15.0 Å². The predicted octanol–water partition coefficient (Wildman–Crippen LogP) is 2.47. The summed E-state index contributed by atoms with van der Waals surface area (Å²) in [7, 11) is 3.18. The third kappa shape index (κ3) is 4.43. The predicted molar refractivity (Wildman–Crippen MR) is 94.8 cm³/mol. The lowest BCUT2D eigenvalue weighted by molar-refractivity contribution is -0.127. The molecule has 1 N–H and O–H groups in total. The molecule has 5 nitrogen and oxygen atoms in total. The summed E-state index contributed by atoms with van der Waals surface area (Å²) < 4.78 is 5.03. The van der Waals surface area contributed by atoms with Gasteiger partial charge in [-0.05, 0) is 23.3 Å². The second-order valence-corrected chi connectivity index (χ2v) is 5.52. The van der Waals surface area contributed by atoms with E-state index in [9.17, 15) is 9.59 Å². The number of nitrogens with one attached hydrogen (secondary N) is 1. The van der Waals surface area contributed by atoms with E-state index in [4.69, 9.17) is 4.74 Å². The summed E-state index contributed by atoms with van der Waals surface area (Å²) >= 11 is 0. The van der Waals surface area contributed by atoms with Crippen molar-refractivity contribution in [2.24, 2.45) is 0 Å². The van der Waals surface area contributed by atoms with Crippen LogP contribution in [0.5, 0.6) is 0 Å². The van der Waals surface area contributed by atoms with Crippen LogP contribution in [0.15, 0.2) is 54.6 Å². The van der Waals surface area contributed by atoms with Gasteiger partial charge in [0, 0.05) is 26.8 Å². The standard InChI is InChI=1S/C19H22N2O3/c1-14(22)20-18(13-24-3)19(23)21(2)17-11-9-16(10-12-17)15-7-5-4-6-8-15/h4-12,18H,13H2,1-3H3,(H,20,22)/t18-/m1/s1. The van der Waals surface area contributed by atoms with E-state index in [2.05, 4.69) is 5.32 Å². The molecule has 5 heteroatoms. The van der Waals surface area contributed by atoms with E-state index < -0.39 is 6.04 Å². The van der Waals surface area contributed by atoms with Crippen LogP contribution in [0, 0.1) is 0 Å². The zero-order valence-electron chi connectivity index (χ0n) is 14.2. The first-order valence-corrected chi connectivity index (χ1v) is 7.72. The van der Waals surface area contributed by atoms with Crippen LogP contribution in [0.2, 0.25) is 0 Å². The Morgan fingerprint density at radius 1 is 1.04 bits per heavy atom. The van der Waals surface area contributed by atoms with Crippen LogP contribution in [0.1, 0.15) is 6.92 Å². The van der Waals surface area contributed by atoms with Gasteiger partial charge in [0.05, 0.1) is 6.61 Å². The van der Waals surface area contributed by atoms with Crippen molar-refractivity contribution in [1.29, 1.82) is 0 Å². The molecule has 2 aromatic carbocycles. The lowest BCUT2D eigenvalue weighted by Gasteiger charge is -2.24. The Morgan fingerprint density at radius 3 is 2.17 bits per heavy atom. The van der Waals surface area contributed by atoms with Crippen molar-refractivity contribution in [3.8, 4) is 11.1 Å². The first kappa shape index (κ1) is 17.7. The third-order valence-electron chi connectivity index (χ3n) is 3.70. The number of carbonyl (C=O) groups excluding carboxylic acids is 2. The molecule has 0 saturated carbocycles. The van der Waals surface area contributed by atoms with E-state index >= 15 is 0 Å². The highest BCUT2D eigenvalue weighted by Gasteiger charge is 2.23. The number of amides is 2. The van der Waals surface area contributed by atoms with E-state index in [0.717, 1.165) is 16.8 Å². The molecule has 0 aliphatic carbocycles. The molecule has 0 aliphatic heterocycles. The Balaban J connectivity index is 2.15. The first-order valence-electron chi connectivity index (χ1n) is 7.72. The third-order valence-corrected chi connectivity index (χ3v) is 3.70. The minimum atomic E-state index is -0.703. The topological polar surface area (TPSA) is 58.6 Å². The minimum absolute atomic E-state index is 0.130. The number of hydrogen-bond acceptors (Lipinski definition) is 3. The fourth-order valence-corrected chi connectivity index (χ4v) is 2.46. The summed E-state index contributed by atoms with van der Waals surface area (Å²) in [5, 5.41) is 2.61. The van der Waals surface area contributed by atoms with Crippen LogP contribution >= 0.6 is 0 Å². The van der Waals surface area contributed by atoms with Crippen LogP contribution in [0.25, 0.3) is 11.1 Å². The maximum Gasteiger partial charge on any atom is 0.251 e. The maximum atomic E-state index is 12.6. The Labute approximate surface area is 142 Å². The van der Waals surface area contributed by atoms with Crippen LogP contribution < -0.4 is 10.2 Å². The molecular weight excluding hydrogens is 304 g/mol. The van der Waals surface area contributed by atoms with E-state index in [-0.39, 0.29) is 18.4 Å². The van der Waals surface area contributed by atoms with E-state index in [0.29, 0.717) is 0 Å². The van der Waals surface area contributed by atoms with Crippen molar-refractivity contribution in [2.75, 3.05) is 25.7 Å². The highest BCUT2D eigenvalue weighted by atomic mass is 16.5. The summed E-state index contributed by atoms with van der Waals surface area (Å²) in [5.41, 5.74) is 2.95. The summed E-state index contributed by atoms with van der Waals surface area (Å²) in [6, 6.07) is 17.0. The van der Waals surface area contributed by atoms with Gasteiger partial charge in [-0.3, -0.25) is 9.59 Å². The molecule has 0 fully saturated rings. The van der Waals surface area contributed by atoms with Crippen LogP contribution in [-0.4, -0.2) is 38.6 Å². The van der Waals surface area contributed by atoms with Crippen molar-refractivity contribution in [2.45, 2.75) is 13.0 Å². The van der Waals surface area contributed by atoms with E-state index in [1.165, 1.54) is 18.9 Å². The number of likely N-dealkylation sites (N-methyl/N-ethyl adjacent to an activating group) is 1. The fourth-order valence-electron chi connectivity index (χ4n) is 2.46. The molecule has 24 heavy (non-hydrogen) atoms. The number of carbonyl (C=O) groups is 2. The summed E-state index contributed by atoms with van der Waals surface area (Å²) in [6.07, 6.45) is 0. The van der Waals surface area contributed by atoms with Gasteiger partial charge in [0.25, 0.3) is 5.91 Å². The Bertz CT molecular complexity index is 684. The zero-order chi connectivity index (χ0) is 17.5. The van der Waals surface area contributed by atoms with Crippen molar-refractivity contribution in [3.63, 3.8) is 0 Å². The normalized spacial score (nSPS) is 11.6. The van der Waals surface area contributed by atoms with Crippen molar-refractivity contribution in [3.05, 3.63) is 54.6 Å². The number of rotatable bonds is 6. The largest absolute Gasteiger partial charge is 0.382 e. The second-order valence-electron chi connectivity index (χ2n) is 5.52. The molecule has 0 radical (unpaired) electrons. The minimum Gasteiger partial charge on any atom is -0.382 e. The summed E-state index contributed by atoms with van der Waals surface area (Å²) in [4.78, 5) is 25.3. The van der Waals surface area contributed by atoms with Gasteiger partial charge in [-0.15, -0.1) is 0 Å².